The first-order valence-electron chi connectivity index (χ1n) is 6.32. The first-order chi connectivity index (χ1) is 8.54. The number of aliphatic hydroxyl groups excluding tert-OH is 1. The molecule has 18 heavy (non-hydrogen) atoms. The first-order valence-corrected chi connectivity index (χ1v) is 6.32. The Kier molecular flexibility index (Phi) is 5.82. The van der Waals surface area contributed by atoms with Crippen LogP contribution >= 0.6 is 0 Å². The van der Waals surface area contributed by atoms with E-state index in [-0.39, 0.29) is 12.5 Å². The van der Waals surface area contributed by atoms with E-state index >= 15 is 0 Å². The fraction of sp³-hybridized carbons (Fsp3) is 0.500. The van der Waals surface area contributed by atoms with Gasteiger partial charge < -0.3 is 16.2 Å². The SMILES string of the molecule is CCCC(N)C(=O)NCC(O)c1cccc(C)c1. The number of rotatable bonds is 6. The van der Waals surface area contributed by atoms with E-state index in [9.17, 15) is 9.90 Å². The van der Waals surface area contributed by atoms with Crippen LogP contribution in [0.1, 0.15) is 37.0 Å². The molecule has 0 aromatic heterocycles. The standard InChI is InChI=1S/C14H22N2O2/c1-3-5-12(15)14(18)16-9-13(17)11-7-4-6-10(2)8-11/h4,6-8,12-13,17H,3,5,9,15H2,1-2H3,(H,16,18). The molecule has 0 spiro atoms. The van der Waals surface area contributed by atoms with Crippen molar-refractivity contribution in [2.24, 2.45) is 5.73 Å². The highest BCUT2D eigenvalue weighted by Crippen LogP contribution is 2.13. The minimum Gasteiger partial charge on any atom is -0.387 e. The van der Waals surface area contributed by atoms with Crippen molar-refractivity contribution >= 4 is 5.91 Å². The van der Waals surface area contributed by atoms with E-state index in [2.05, 4.69) is 5.32 Å². The Morgan fingerprint density at radius 3 is 2.83 bits per heavy atom. The molecular weight excluding hydrogens is 228 g/mol. The Balaban J connectivity index is 2.46. The summed E-state index contributed by atoms with van der Waals surface area (Å²) in [7, 11) is 0. The van der Waals surface area contributed by atoms with Gasteiger partial charge in [0.1, 0.15) is 0 Å². The van der Waals surface area contributed by atoms with E-state index in [1.165, 1.54) is 0 Å². The molecule has 2 atom stereocenters. The van der Waals surface area contributed by atoms with Gasteiger partial charge in [-0.25, -0.2) is 0 Å². The van der Waals surface area contributed by atoms with E-state index in [0.717, 1.165) is 17.5 Å². The van der Waals surface area contributed by atoms with Crippen molar-refractivity contribution in [3.05, 3.63) is 35.4 Å². The minimum atomic E-state index is -0.692. The number of aliphatic hydroxyl groups is 1. The first kappa shape index (κ1) is 14.7. The molecule has 1 aromatic carbocycles. The number of benzene rings is 1. The Labute approximate surface area is 108 Å². The lowest BCUT2D eigenvalue weighted by Gasteiger charge is -2.15. The van der Waals surface area contributed by atoms with E-state index in [1.54, 1.807) is 0 Å². The van der Waals surface area contributed by atoms with Gasteiger partial charge in [-0.15, -0.1) is 0 Å². The number of nitrogens with two attached hydrogens (primary N) is 1. The second-order valence-electron chi connectivity index (χ2n) is 4.57. The smallest absolute Gasteiger partial charge is 0.237 e. The second kappa shape index (κ2) is 7.13. The van der Waals surface area contributed by atoms with Crippen LogP contribution in [-0.2, 0) is 4.79 Å². The van der Waals surface area contributed by atoms with Crippen LogP contribution in [0.4, 0.5) is 0 Å². The van der Waals surface area contributed by atoms with Crippen LogP contribution in [0.15, 0.2) is 24.3 Å². The zero-order valence-corrected chi connectivity index (χ0v) is 11.0. The average molecular weight is 250 g/mol. The van der Waals surface area contributed by atoms with Crippen LogP contribution in [0.3, 0.4) is 0 Å². The largest absolute Gasteiger partial charge is 0.387 e. The van der Waals surface area contributed by atoms with Gasteiger partial charge in [-0.3, -0.25) is 4.79 Å². The molecule has 0 aliphatic rings. The van der Waals surface area contributed by atoms with E-state index in [0.29, 0.717) is 6.42 Å². The maximum absolute atomic E-state index is 11.6. The molecule has 4 nitrogen and oxygen atoms in total. The molecule has 100 valence electrons. The summed E-state index contributed by atoms with van der Waals surface area (Å²) >= 11 is 0. The topological polar surface area (TPSA) is 75.4 Å². The summed E-state index contributed by atoms with van der Waals surface area (Å²) in [5, 5.41) is 12.6. The molecule has 0 aliphatic heterocycles. The van der Waals surface area contributed by atoms with E-state index < -0.39 is 12.1 Å². The maximum Gasteiger partial charge on any atom is 0.237 e. The Morgan fingerprint density at radius 1 is 1.50 bits per heavy atom. The predicted octanol–water partition coefficient (Wildman–Crippen LogP) is 1.27. The molecule has 0 saturated heterocycles. The number of amides is 1. The summed E-state index contributed by atoms with van der Waals surface area (Å²) in [6, 6.07) is 7.11. The maximum atomic E-state index is 11.6. The summed E-state index contributed by atoms with van der Waals surface area (Å²) in [5.41, 5.74) is 7.57. The van der Waals surface area contributed by atoms with Crippen molar-refractivity contribution in [1.29, 1.82) is 0 Å². The highest BCUT2D eigenvalue weighted by molar-refractivity contribution is 5.81. The Bertz CT molecular complexity index is 393. The number of carbonyl (C=O) groups is 1. The fourth-order valence-electron chi connectivity index (χ4n) is 1.77. The van der Waals surface area contributed by atoms with Crippen LogP contribution in [0.5, 0.6) is 0 Å². The Morgan fingerprint density at radius 2 is 2.22 bits per heavy atom. The zero-order valence-electron chi connectivity index (χ0n) is 11.0. The third-order valence-electron chi connectivity index (χ3n) is 2.83. The van der Waals surface area contributed by atoms with Crippen molar-refractivity contribution < 1.29 is 9.90 Å². The molecule has 0 aliphatic carbocycles. The van der Waals surface area contributed by atoms with Crippen molar-refractivity contribution in [3.63, 3.8) is 0 Å². The number of nitrogens with one attached hydrogen (secondary N) is 1. The number of aryl methyl sites for hydroxylation is 1. The predicted molar refractivity (Wildman–Crippen MR) is 72.0 cm³/mol. The molecule has 4 N–H and O–H groups in total. The molecule has 1 aromatic rings. The van der Waals surface area contributed by atoms with Gasteiger partial charge in [0.15, 0.2) is 0 Å². The molecule has 2 unspecified atom stereocenters. The lowest BCUT2D eigenvalue weighted by atomic mass is 10.1. The summed E-state index contributed by atoms with van der Waals surface area (Å²) in [6.07, 6.45) is 0.837. The zero-order chi connectivity index (χ0) is 13.5. The molecule has 0 fully saturated rings. The monoisotopic (exact) mass is 250 g/mol. The van der Waals surface area contributed by atoms with Gasteiger partial charge in [0.05, 0.1) is 12.1 Å². The highest BCUT2D eigenvalue weighted by atomic mass is 16.3. The van der Waals surface area contributed by atoms with Crippen LogP contribution in [0, 0.1) is 6.92 Å². The average Bonchev–Trinajstić information content (AvgIpc) is 2.35. The van der Waals surface area contributed by atoms with Crippen molar-refractivity contribution in [2.45, 2.75) is 38.8 Å². The van der Waals surface area contributed by atoms with Gasteiger partial charge in [0.2, 0.25) is 5.91 Å². The molecule has 1 amide bonds. The third kappa shape index (κ3) is 4.47. The van der Waals surface area contributed by atoms with Crippen molar-refractivity contribution in [3.8, 4) is 0 Å². The van der Waals surface area contributed by atoms with Crippen LogP contribution in [0.2, 0.25) is 0 Å². The van der Waals surface area contributed by atoms with Crippen molar-refractivity contribution in [1.82, 2.24) is 5.32 Å². The summed E-state index contributed by atoms with van der Waals surface area (Å²) in [5.74, 6) is -0.205. The molecule has 1 rings (SSSR count). The summed E-state index contributed by atoms with van der Waals surface area (Å²) in [4.78, 5) is 11.6. The molecule has 4 heteroatoms. The number of hydrogen-bond acceptors (Lipinski definition) is 3. The molecular formula is C14H22N2O2. The molecule has 0 heterocycles. The van der Waals surface area contributed by atoms with Gasteiger partial charge in [-0.05, 0) is 18.9 Å². The summed E-state index contributed by atoms with van der Waals surface area (Å²) in [6.45, 7) is 4.14. The van der Waals surface area contributed by atoms with Crippen LogP contribution in [-0.4, -0.2) is 23.6 Å². The Hall–Kier alpha value is -1.39. The van der Waals surface area contributed by atoms with Gasteiger partial charge in [0.25, 0.3) is 0 Å². The third-order valence-corrected chi connectivity index (χ3v) is 2.83. The highest BCUT2D eigenvalue weighted by Gasteiger charge is 2.14. The van der Waals surface area contributed by atoms with Gasteiger partial charge >= 0.3 is 0 Å². The van der Waals surface area contributed by atoms with E-state index in [4.69, 9.17) is 5.73 Å². The van der Waals surface area contributed by atoms with Gasteiger partial charge in [0, 0.05) is 6.54 Å². The van der Waals surface area contributed by atoms with Crippen molar-refractivity contribution in [2.75, 3.05) is 6.54 Å². The molecule has 0 bridgehead atoms. The lowest BCUT2D eigenvalue weighted by molar-refractivity contribution is -0.123. The van der Waals surface area contributed by atoms with Crippen LogP contribution < -0.4 is 11.1 Å². The quantitative estimate of drug-likeness (QED) is 0.711. The normalized spacial score (nSPS) is 14.0. The van der Waals surface area contributed by atoms with Crippen LogP contribution in [0.25, 0.3) is 0 Å². The second-order valence-corrected chi connectivity index (χ2v) is 4.57. The number of hydrogen-bond donors (Lipinski definition) is 3. The van der Waals surface area contributed by atoms with Gasteiger partial charge in [-0.2, -0.15) is 0 Å². The summed E-state index contributed by atoms with van der Waals surface area (Å²) < 4.78 is 0. The lowest BCUT2D eigenvalue weighted by Crippen LogP contribution is -2.42. The minimum absolute atomic E-state index is 0.194. The molecule has 0 saturated carbocycles. The number of carbonyl (C=O) groups excluding carboxylic acids is 1. The fourth-order valence-corrected chi connectivity index (χ4v) is 1.77. The van der Waals surface area contributed by atoms with Gasteiger partial charge in [-0.1, -0.05) is 43.2 Å². The molecule has 0 radical (unpaired) electrons. The van der Waals surface area contributed by atoms with E-state index in [1.807, 2.05) is 38.1 Å².